The molecule has 0 fully saturated rings. The average Bonchev–Trinajstić information content (AvgIpc) is 2.45. The highest BCUT2D eigenvalue weighted by atomic mass is 16.5. The van der Waals surface area contributed by atoms with Gasteiger partial charge in [-0.05, 0) is 19.1 Å². The second kappa shape index (κ2) is 5.24. The van der Waals surface area contributed by atoms with Gasteiger partial charge >= 0.3 is 0 Å². The SMILES string of the molecule is CNC(=O)c1c(=O)[nH]c(C)c2cc(OC)c(OC)cc12. The molecule has 20 heavy (non-hydrogen) atoms. The number of methoxy groups -OCH3 is 2. The molecule has 0 bridgehead atoms. The summed E-state index contributed by atoms with van der Waals surface area (Å²) in [5.41, 5.74) is 0.300. The predicted octanol–water partition coefficient (Wildman–Crippen LogP) is 1.21. The number of aromatic nitrogens is 1. The zero-order valence-electron chi connectivity index (χ0n) is 11.8. The number of ether oxygens (including phenoxy) is 2. The molecule has 2 rings (SSSR count). The number of hydrogen-bond donors (Lipinski definition) is 2. The summed E-state index contributed by atoms with van der Waals surface area (Å²) in [5.74, 6) is 0.566. The van der Waals surface area contributed by atoms with Crippen LogP contribution in [0, 0.1) is 6.92 Å². The number of carbonyl (C=O) groups excluding carboxylic acids is 1. The van der Waals surface area contributed by atoms with Crippen LogP contribution >= 0.6 is 0 Å². The Bertz CT molecular complexity index is 734. The van der Waals surface area contributed by atoms with E-state index < -0.39 is 11.5 Å². The number of amides is 1. The maximum absolute atomic E-state index is 12.0. The van der Waals surface area contributed by atoms with Crippen LogP contribution in [0.4, 0.5) is 0 Å². The number of rotatable bonds is 3. The number of H-pyrrole nitrogens is 1. The number of benzene rings is 1. The van der Waals surface area contributed by atoms with Crippen molar-refractivity contribution in [3.05, 3.63) is 33.7 Å². The Hall–Kier alpha value is -2.50. The average molecular weight is 276 g/mol. The number of aromatic amines is 1. The van der Waals surface area contributed by atoms with Crippen molar-refractivity contribution in [2.24, 2.45) is 0 Å². The monoisotopic (exact) mass is 276 g/mol. The van der Waals surface area contributed by atoms with Gasteiger partial charge < -0.3 is 19.8 Å². The van der Waals surface area contributed by atoms with Crippen molar-refractivity contribution in [2.75, 3.05) is 21.3 Å². The molecule has 2 aromatic rings. The molecule has 106 valence electrons. The number of nitrogens with one attached hydrogen (secondary N) is 2. The molecule has 0 aliphatic carbocycles. The first-order chi connectivity index (χ1) is 9.53. The molecule has 6 nitrogen and oxygen atoms in total. The van der Waals surface area contributed by atoms with Gasteiger partial charge in [-0.1, -0.05) is 0 Å². The highest BCUT2D eigenvalue weighted by Gasteiger charge is 2.18. The third-order valence-electron chi connectivity index (χ3n) is 3.18. The molecule has 1 aromatic heterocycles. The smallest absolute Gasteiger partial charge is 0.261 e. The standard InChI is InChI=1S/C14H16N2O4/c1-7-8-5-10(19-3)11(20-4)6-9(8)12(13(17)15-2)14(18)16-7/h5-6H,1-4H3,(H,15,17)(H,16,18). The first-order valence-electron chi connectivity index (χ1n) is 6.04. The maximum atomic E-state index is 12.0. The van der Waals surface area contributed by atoms with E-state index in [1.165, 1.54) is 21.3 Å². The molecule has 6 heteroatoms. The van der Waals surface area contributed by atoms with E-state index in [4.69, 9.17) is 9.47 Å². The van der Waals surface area contributed by atoms with E-state index in [1.807, 2.05) is 0 Å². The minimum Gasteiger partial charge on any atom is -0.493 e. The minimum absolute atomic E-state index is 0.0639. The van der Waals surface area contributed by atoms with Crippen LogP contribution in [0.5, 0.6) is 11.5 Å². The Morgan fingerprint density at radius 1 is 1.15 bits per heavy atom. The number of hydrogen-bond acceptors (Lipinski definition) is 4. The molecule has 0 saturated carbocycles. The summed E-state index contributed by atoms with van der Waals surface area (Å²) in [7, 11) is 4.52. The van der Waals surface area contributed by atoms with Gasteiger partial charge in [0.15, 0.2) is 11.5 Å². The Kier molecular flexibility index (Phi) is 3.65. The number of pyridine rings is 1. The van der Waals surface area contributed by atoms with Gasteiger partial charge in [0.25, 0.3) is 11.5 Å². The van der Waals surface area contributed by atoms with Crippen molar-refractivity contribution in [1.29, 1.82) is 0 Å². The number of carbonyl (C=O) groups is 1. The summed E-state index contributed by atoms with van der Waals surface area (Å²) in [4.78, 5) is 26.6. The predicted molar refractivity (Wildman–Crippen MR) is 75.8 cm³/mol. The molecule has 0 unspecified atom stereocenters. The van der Waals surface area contributed by atoms with Crippen LogP contribution in [0.15, 0.2) is 16.9 Å². The molecule has 1 aromatic carbocycles. The molecule has 0 spiro atoms. The third kappa shape index (κ3) is 2.09. The van der Waals surface area contributed by atoms with E-state index in [0.717, 1.165) is 5.39 Å². The second-order valence-electron chi connectivity index (χ2n) is 4.29. The zero-order valence-corrected chi connectivity index (χ0v) is 11.8. The molecule has 1 heterocycles. The van der Waals surface area contributed by atoms with Crippen molar-refractivity contribution in [2.45, 2.75) is 6.92 Å². The fraction of sp³-hybridized carbons (Fsp3) is 0.286. The van der Waals surface area contributed by atoms with Crippen LogP contribution in [0.25, 0.3) is 10.8 Å². The zero-order chi connectivity index (χ0) is 14.9. The van der Waals surface area contributed by atoms with Crippen molar-refractivity contribution < 1.29 is 14.3 Å². The first kappa shape index (κ1) is 13.9. The van der Waals surface area contributed by atoms with Gasteiger partial charge in [0.2, 0.25) is 0 Å². The highest BCUT2D eigenvalue weighted by molar-refractivity contribution is 6.07. The molecule has 1 amide bonds. The number of aryl methyl sites for hydroxylation is 1. The summed E-state index contributed by atoms with van der Waals surface area (Å²) in [5, 5.41) is 3.74. The van der Waals surface area contributed by atoms with Gasteiger partial charge in [-0.3, -0.25) is 9.59 Å². The van der Waals surface area contributed by atoms with E-state index in [-0.39, 0.29) is 5.56 Å². The van der Waals surface area contributed by atoms with E-state index in [0.29, 0.717) is 22.6 Å². The van der Waals surface area contributed by atoms with Crippen LogP contribution in [-0.4, -0.2) is 32.2 Å². The Morgan fingerprint density at radius 3 is 2.20 bits per heavy atom. The second-order valence-corrected chi connectivity index (χ2v) is 4.29. The molecule has 2 N–H and O–H groups in total. The Balaban J connectivity index is 2.93. The van der Waals surface area contributed by atoms with Gasteiger partial charge in [0.1, 0.15) is 5.56 Å². The van der Waals surface area contributed by atoms with Gasteiger partial charge in [-0.25, -0.2) is 0 Å². The third-order valence-corrected chi connectivity index (χ3v) is 3.18. The minimum atomic E-state index is -0.441. The largest absolute Gasteiger partial charge is 0.493 e. The van der Waals surface area contributed by atoms with E-state index >= 15 is 0 Å². The summed E-state index contributed by atoms with van der Waals surface area (Å²) in [6, 6.07) is 3.38. The lowest BCUT2D eigenvalue weighted by molar-refractivity contribution is 0.0963. The fourth-order valence-electron chi connectivity index (χ4n) is 2.17. The lowest BCUT2D eigenvalue weighted by Crippen LogP contribution is -2.27. The van der Waals surface area contributed by atoms with Crippen molar-refractivity contribution in [3.63, 3.8) is 0 Å². The van der Waals surface area contributed by atoms with Gasteiger partial charge in [0, 0.05) is 23.5 Å². The lowest BCUT2D eigenvalue weighted by Gasteiger charge is -2.12. The maximum Gasteiger partial charge on any atom is 0.261 e. The number of fused-ring (bicyclic) bond motifs is 1. The van der Waals surface area contributed by atoms with Crippen molar-refractivity contribution in [1.82, 2.24) is 10.3 Å². The quantitative estimate of drug-likeness (QED) is 0.883. The van der Waals surface area contributed by atoms with Gasteiger partial charge in [0.05, 0.1) is 14.2 Å². The van der Waals surface area contributed by atoms with E-state index in [1.54, 1.807) is 19.1 Å². The molecule has 0 saturated heterocycles. The molecule has 0 aliphatic rings. The van der Waals surface area contributed by atoms with Crippen molar-refractivity contribution in [3.8, 4) is 11.5 Å². The van der Waals surface area contributed by atoms with Crippen LogP contribution in [0.1, 0.15) is 16.1 Å². The summed E-state index contributed by atoms with van der Waals surface area (Å²) >= 11 is 0. The van der Waals surface area contributed by atoms with Crippen LogP contribution < -0.4 is 20.3 Å². The summed E-state index contributed by atoms with van der Waals surface area (Å²) in [6.45, 7) is 1.77. The van der Waals surface area contributed by atoms with Crippen LogP contribution in [-0.2, 0) is 0 Å². The van der Waals surface area contributed by atoms with Gasteiger partial charge in [-0.15, -0.1) is 0 Å². The van der Waals surface area contributed by atoms with Gasteiger partial charge in [-0.2, -0.15) is 0 Å². The molecular formula is C14H16N2O4. The molecule has 0 aliphatic heterocycles. The molecule has 0 atom stereocenters. The van der Waals surface area contributed by atoms with E-state index in [2.05, 4.69) is 10.3 Å². The Morgan fingerprint density at radius 2 is 1.70 bits per heavy atom. The fourth-order valence-corrected chi connectivity index (χ4v) is 2.17. The summed E-state index contributed by atoms with van der Waals surface area (Å²) < 4.78 is 10.5. The molecular weight excluding hydrogens is 260 g/mol. The normalized spacial score (nSPS) is 10.4. The first-order valence-corrected chi connectivity index (χ1v) is 6.04. The summed E-state index contributed by atoms with van der Waals surface area (Å²) in [6.07, 6.45) is 0. The molecule has 0 radical (unpaired) electrons. The van der Waals surface area contributed by atoms with Crippen LogP contribution in [0.2, 0.25) is 0 Å². The van der Waals surface area contributed by atoms with Crippen molar-refractivity contribution >= 4 is 16.7 Å². The highest BCUT2D eigenvalue weighted by Crippen LogP contribution is 2.33. The Labute approximate surface area is 115 Å². The van der Waals surface area contributed by atoms with E-state index in [9.17, 15) is 9.59 Å². The topological polar surface area (TPSA) is 80.4 Å². The lowest BCUT2D eigenvalue weighted by atomic mass is 10.0. The van der Waals surface area contributed by atoms with Crippen LogP contribution in [0.3, 0.4) is 0 Å².